The van der Waals surface area contributed by atoms with Crippen LogP contribution in [0.25, 0.3) is 11.1 Å². The van der Waals surface area contributed by atoms with Gasteiger partial charge in [-0.25, -0.2) is 4.39 Å². The van der Waals surface area contributed by atoms with Crippen LogP contribution in [-0.4, -0.2) is 7.05 Å². The van der Waals surface area contributed by atoms with Gasteiger partial charge in [-0.2, -0.15) is 0 Å². The molecule has 0 saturated heterocycles. The molecule has 0 amide bonds. The second-order valence-electron chi connectivity index (χ2n) is 4.92. The summed E-state index contributed by atoms with van der Waals surface area (Å²) in [6.07, 6.45) is 2.38. The first-order valence-electron chi connectivity index (χ1n) is 6.29. The molecule has 0 aromatic heterocycles. The van der Waals surface area contributed by atoms with Crippen molar-refractivity contribution in [1.82, 2.24) is 5.32 Å². The smallest absolute Gasteiger partial charge is 0.123 e. The molecule has 1 aliphatic rings. The number of nitrogens with one attached hydrogen (secondary N) is 1. The van der Waals surface area contributed by atoms with Crippen LogP contribution in [0.3, 0.4) is 0 Å². The van der Waals surface area contributed by atoms with Gasteiger partial charge in [-0.3, -0.25) is 0 Å². The molecule has 2 aromatic carbocycles. The van der Waals surface area contributed by atoms with Crippen LogP contribution in [0.15, 0.2) is 48.5 Å². The van der Waals surface area contributed by atoms with Gasteiger partial charge in [-0.05, 0) is 54.8 Å². The maximum absolute atomic E-state index is 12.9. The minimum atomic E-state index is -0.191. The predicted octanol–water partition coefficient (Wildman–Crippen LogP) is 4.12. The first-order valence-corrected chi connectivity index (χ1v) is 6.29. The molecule has 19 heavy (non-hydrogen) atoms. The number of halogens is 2. The highest BCUT2D eigenvalue weighted by Gasteiger charge is 2.42. The lowest BCUT2D eigenvalue weighted by molar-refractivity contribution is 0.586. The van der Waals surface area contributed by atoms with E-state index >= 15 is 0 Å². The highest BCUT2D eigenvalue weighted by Crippen LogP contribution is 2.45. The Hall–Kier alpha value is -1.38. The fourth-order valence-electron chi connectivity index (χ4n) is 2.45. The van der Waals surface area contributed by atoms with E-state index < -0.39 is 0 Å². The van der Waals surface area contributed by atoms with Gasteiger partial charge in [-0.15, -0.1) is 12.4 Å². The molecular weight excluding hydrogens is 261 g/mol. The van der Waals surface area contributed by atoms with Crippen molar-refractivity contribution in [2.75, 3.05) is 7.05 Å². The van der Waals surface area contributed by atoms with Gasteiger partial charge in [0, 0.05) is 5.54 Å². The Kier molecular flexibility index (Phi) is 3.93. The predicted molar refractivity (Wildman–Crippen MR) is 79.1 cm³/mol. The topological polar surface area (TPSA) is 12.0 Å². The van der Waals surface area contributed by atoms with Crippen molar-refractivity contribution < 1.29 is 4.39 Å². The fourth-order valence-corrected chi connectivity index (χ4v) is 2.45. The van der Waals surface area contributed by atoms with Crippen molar-refractivity contribution in [2.45, 2.75) is 18.4 Å². The highest BCUT2D eigenvalue weighted by atomic mass is 35.5. The van der Waals surface area contributed by atoms with Crippen LogP contribution in [0.1, 0.15) is 18.4 Å². The molecule has 0 heterocycles. The molecule has 1 saturated carbocycles. The van der Waals surface area contributed by atoms with Crippen LogP contribution >= 0.6 is 12.4 Å². The lowest BCUT2D eigenvalue weighted by Crippen LogP contribution is -2.24. The van der Waals surface area contributed by atoms with Crippen LogP contribution < -0.4 is 5.32 Å². The summed E-state index contributed by atoms with van der Waals surface area (Å²) in [5, 5.41) is 3.40. The van der Waals surface area contributed by atoms with E-state index in [9.17, 15) is 4.39 Å². The third-order valence-electron chi connectivity index (χ3n) is 3.82. The van der Waals surface area contributed by atoms with Crippen LogP contribution in [0, 0.1) is 5.82 Å². The fraction of sp³-hybridized carbons (Fsp3) is 0.250. The van der Waals surface area contributed by atoms with Crippen molar-refractivity contribution >= 4 is 12.4 Å². The normalized spacial score (nSPS) is 15.7. The van der Waals surface area contributed by atoms with Gasteiger partial charge >= 0.3 is 0 Å². The third-order valence-corrected chi connectivity index (χ3v) is 3.82. The molecular formula is C16H17ClFN. The van der Waals surface area contributed by atoms with Gasteiger partial charge in [-0.1, -0.05) is 30.3 Å². The summed E-state index contributed by atoms with van der Waals surface area (Å²) < 4.78 is 12.9. The van der Waals surface area contributed by atoms with Crippen molar-refractivity contribution in [3.63, 3.8) is 0 Å². The standard InChI is InChI=1S/C16H16FN.ClH/c1-18-16(9-10-16)14-4-2-3-13(11-14)12-5-7-15(17)8-6-12;/h2-8,11,18H,9-10H2,1H3;1H. The van der Waals surface area contributed by atoms with Gasteiger partial charge in [0.2, 0.25) is 0 Å². The molecule has 1 fully saturated rings. The molecule has 0 atom stereocenters. The number of hydrogen-bond acceptors (Lipinski definition) is 1. The average Bonchev–Trinajstić information content (AvgIpc) is 3.21. The summed E-state index contributed by atoms with van der Waals surface area (Å²) >= 11 is 0. The molecule has 0 aliphatic heterocycles. The summed E-state index contributed by atoms with van der Waals surface area (Å²) in [4.78, 5) is 0. The molecule has 0 spiro atoms. The SMILES string of the molecule is CNC1(c2cccc(-c3ccc(F)cc3)c2)CC1.Cl. The number of rotatable bonds is 3. The molecule has 1 N–H and O–H groups in total. The third kappa shape index (κ3) is 2.65. The van der Waals surface area contributed by atoms with E-state index in [4.69, 9.17) is 0 Å². The Morgan fingerprint density at radius 3 is 2.26 bits per heavy atom. The van der Waals surface area contributed by atoms with Gasteiger partial charge in [0.15, 0.2) is 0 Å². The van der Waals surface area contributed by atoms with Gasteiger partial charge in [0.25, 0.3) is 0 Å². The minimum absolute atomic E-state index is 0. The van der Waals surface area contributed by atoms with Gasteiger partial charge < -0.3 is 5.32 Å². The molecule has 3 heteroatoms. The van der Waals surface area contributed by atoms with E-state index in [0.29, 0.717) is 0 Å². The van der Waals surface area contributed by atoms with E-state index in [1.165, 1.54) is 30.5 Å². The van der Waals surface area contributed by atoms with Crippen LogP contribution in [0.2, 0.25) is 0 Å². The van der Waals surface area contributed by atoms with Crippen molar-refractivity contribution in [2.24, 2.45) is 0 Å². The number of hydrogen-bond donors (Lipinski definition) is 1. The lowest BCUT2D eigenvalue weighted by Gasteiger charge is -2.15. The van der Waals surface area contributed by atoms with Crippen molar-refractivity contribution in [1.29, 1.82) is 0 Å². The second kappa shape index (κ2) is 5.32. The summed E-state index contributed by atoms with van der Waals surface area (Å²) in [5.41, 5.74) is 3.71. The number of benzene rings is 2. The summed E-state index contributed by atoms with van der Waals surface area (Å²) in [6, 6.07) is 15.2. The van der Waals surface area contributed by atoms with E-state index in [1.807, 2.05) is 19.2 Å². The summed E-state index contributed by atoms with van der Waals surface area (Å²) in [6.45, 7) is 0. The van der Waals surface area contributed by atoms with E-state index in [0.717, 1.165) is 11.1 Å². The largest absolute Gasteiger partial charge is 0.310 e. The van der Waals surface area contributed by atoms with E-state index in [-0.39, 0.29) is 23.8 Å². The Balaban J connectivity index is 0.00000133. The molecule has 1 nitrogen and oxygen atoms in total. The van der Waals surface area contributed by atoms with E-state index in [1.54, 1.807) is 0 Å². The minimum Gasteiger partial charge on any atom is -0.310 e. The molecule has 2 aromatic rings. The zero-order valence-corrected chi connectivity index (χ0v) is 11.6. The van der Waals surface area contributed by atoms with Gasteiger partial charge in [0.05, 0.1) is 0 Å². The van der Waals surface area contributed by atoms with Crippen LogP contribution in [-0.2, 0) is 5.54 Å². The molecule has 0 unspecified atom stereocenters. The Bertz CT molecular complexity index is 561. The zero-order valence-electron chi connectivity index (χ0n) is 10.8. The maximum Gasteiger partial charge on any atom is 0.123 e. The first kappa shape index (κ1) is 14.0. The second-order valence-corrected chi connectivity index (χ2v) is 4.92. The molecule has 100 valence electrons. The lowest BCUT2D eigenvalue weighted by atomic mass is 9.98. The Morgan fingerprint density at radius 2 is 1.68 bits per heavy atom. The molecule has 3 rings (SSSR count). The quantitative estimate of drug-likeness (QED) is 0.890. The Morgan fingerprint density at radius 1 is 1.00 bits per heavy atom. The monoisotopic (exact) mass is 277 g/mol. The zero-order chi connectivity index (χ0) is 12.6. The van der Waals surface area contributed by atoms with Gasteiger partial charge in [0.1, 0.15) is 5.82 Å². The summed E-state index contributed by atoms with van der Waals surface area (Å²) in [5.74, 6) is -0.191. The molecule has 0 bridgehead atoms. The molecule has 1 aliphatic carbocycles. The Labute approximate surface area is 119 Å². The summed E-state index contributed by atoms with van der Waals surface area (Å²) in [7, 11) is 2.01. The van der Waals surface area contributed by atoms with Crippen molar-refractivity contribution in [3.05, 3.63) is 59.9 Å². The average molecular weight is 278 g/mol. The van der Waals surface area contributed by atoms with Crippen LogP contribution in [0.4, 0.5) is 4.39 Å². The van der Waals surface area contributed by atoms with E-state index in [2.05, 4.69) is 29.6 Å². The van der Waals surface area contributed by atoms with Crippen molar-refractivity contribution in [3.8, 4) is 11.1 Å². The maximum atomic E-state index is 12.9. The first-order chi connectivity index (χ1) is 8.73. The molecule has 0 radical (unpaired) electrons. The highest BCUT2D eigenvalue weighted by molar-refractivity contribution is 5.85. The van der Waals surface area contributed by atoms with Crippen LogP contribution in [0.5, 0.6) is 0 Å².